The normalized spacial score (nSPS) is 11.7. The average Bonchev–Trinajstić information content (AvgIpc) is 2.33. The monoisotopic (exact) mass is 245 g/mol. The lowest BCUT2D eigenvalue weighted by atomic mass is 10.00. The summed E-state index contributed by atoms with van der Waals surface area (Å²) < 4.78 is 0. The maximum Gasteiger partial charge on any atom is 0.0724 e. The summed E-state index contributed by atoms with van der Waals surface area (Å²) >= 11 is 0. The van der Waals surface area contributed by atoms with Gasteiger partial charge in [-0.25, -0.2) is 0 Å². The maximum atomic E-state index is 9.04. The van der Waals surface area contributed by atoms with Gasteiger partial charge in [0.1, 0.15) is 0 Å². The van der Waals surface area contributed by atoms with Gasteiger partial charge in [0, 0.05) is 23.7 Å². The Morgan fingerprint density at radius 1 is 1.33 bits per heavy atom. The molecule has 2 rings (SSSR count). The molecule has 4 N–H and O–H groups in total. The molecule has 0 atom stereocenters. The summed E-state index contributed by atoms with van der Waals surface area (Å²) in [4.78, 5) is 4.27. The van der Waals surface area contributed by atoms with Crippen molar-refractivity contribution in [2.45, 2.75) is 25.8 Å². The molecule has 4 nitrogen and oxygen atoms in total. The predicted octanol–water partition coefficient (Wildman–Crippen LogP) is 2.39. The molecule has 0 unspecified atom stereocenters. The Hall–Kier alpha value is -1.81. The standard InChI is InChI=1S/C14H19N3O/c1-14(2,7-9-18)17-12-6-5-11-10(13(12)15)4-3-8-16-11/h3-6,8,17-18H,7,9,15H2,1-2H3. The van der Waals surface area contributed by atoms with Gasteiger partial charge in [-0.05, 0) is 44.5 Å². The van der Waals surface area contributed by atoms with Crippen molar-refractivity contribution in [1.29, 1.82) is 0 Å². The quantitative estimate of drug-likeness (QED) is 0.723. The number of nitrogens with one attached hydrogen (secondary N) is 1. The van der Waals surface area contributed by atoms with E-state index in [0.717, 1.165) is 16.6 Å². The first-order valence-electron chi connectivity index (χ1n) is 6.06. The SMILES string of the molecule is CC(C)(CCO)Nc1ccc2ncccc2c1N. The zero-order valence-corrected chi connectivity index (χ0v) is 10.8. The molecule has 0 fully saturated rings. The maximum absolute atomic E-state index is 9.04. The molecule has 0 radical (unpaired) electrons. The Morgan fingerprint density at radius 3 is 2.83 bits per heavy atom. The van der Waals surface area contributed by atoms with E-state index in [-0.39, 0.29) is 12.1 Å². The number of anilines is 2. The third-order valence-corrected chi connectivity index (χ3v) is 3.04. The number of nitrogens with two attached hydrogens (primary N) is 1. The van der Waals surface area contributed by atoms with Crippen LogP contribution in [0.2, 0.25) is 0 Å². The lowest BCUT2D eigenvalue weighted by Crippen LogP contribution is -2.32. The number of nitrogens with zero attached hydrogens (tertiary/aromatic N) is 1. The van der Waals surface area contributed by atoms with Gasteiger partial charge in [0.05, 0.1) is 16.9 Å². The van der Waals surface area contributed by atoms with Gasteiger partial charge in [-0.3, -0.25) is 4.98 Å². The van der Waals surface area contributed by atoms with Crippen molar-refractivity contribution < 1.29 is 5.11 Å². The first-order valence-corrected chi connectivity index (χ1v) is 6.06. The number of hydrogen-bond acceptors (Lipinski definition) is 4. The minimum absolute atomic E-state index is 0.148. The van der Waals surface area contributed by atoms with E-state index < -0.39 is 0 Å². The fourth-order valence-corrected chi connectivity index (χ4v) is 1.99. The van der Waals surface area contributed by atoms with E-state index in [4.69, 9.17) is 10.8 Å². The molecule has 18 heavy (non-hydrogen) atoms. The third kappa shape index (κ3) is 2.54. The zero-order chi connectivity index (χ0) is 13.2. The van der Waals surface area contributed by atoms with Crippen LogP contribution in [0, 0.1) is 0 Å². The van der Waals surface area contributed by atoms with E-state index in [9.17, 15) is 0 Å². The van der Waals surface area contributed by atoms with Crippen LogP contribution in [-0.4, -0.2) is 22.2 Å². The Bertz CT molecular complexity index is 552. The Balaban J connectivity index is 2.37. The van der Waals surface area contributed by atoms with Crippen LogP contribution in [0.15, 0.2) is 30.5 Å². The van der Waals surface area contributed by atoms with E-state index in [1.807, 2.05) is 38.1 Å². The van der Waals surface area contributed by atoms with Gasteiger partial charge in [-0.1, -0.05) is 0 Å². The Morgan fingerprint density at radius 2 is 2.11 bits per heavy atom. The number of fused-ring (bicyclic) bond motifs is 1. The van der Waals surface area contributed by atoms with E-state index in [2.05, 4.69) is 10.3 Å². The largest absolute Gasteiger partial charge is 0.397 e. The van der Waals surface area contributed by atoms with Gasteiger partial charge in [-0.2, -0.15) is 0 Å². The van der Waals surface area contributed by atoms with E-state index in [1.165, 1.54) is 0 Å². The number of nitrogen functional groups attached to an aromatic ring is 1. The summed E-state index contributed by atoms with van der Waals surface area (Å²) in [7, 11) is 0. The average molecular weight is 245 g/mol. The molecular formula is C14H19N3O. The summed E-state index contributed by atoms with van der Waals surface area (Å²) in [5.74, 6) is 0. The first-order chi connectivity index (χ1) is 8.53. The molecule has 1 heterocycles. The second kappa shape index (κ2) is 4.82. The highest BCUT2D eigenvalue weighted by molar-refractivity contribution is 5.96. The summed E-state index contributed by atoms with van der Waals surface area (Å²) in [6.45, 7) is 4.22. The lowest BCUT2D eigenvalue weighted by Gasteiger charge is -2.27. The second-order valence-electron chi connectivity index (χ2n) is 5.08. The van der Waals surface area contributed by atoms with Crippen molar-refractivity contribution in [2.24, 2.45) is 0 Å². The summed E-state index contributed by atoms with van der Waals surface area (Å²) in [5.41, 5.74) is 8.43. The minimum atomic E-state index is -0.196. The van der Waals surface area contributed by atoms with E-state index >= 15 is 0 Å². The van der Waals surface area contributed by atoms with Crippen LogP contribution >= 0.6 is 0 Å². The highest BCUT2D eigenvalue weighted by Gasteiger charge is 2.18. The Kier molecular flexibility index (Phi) is 3.39. The van der Waals surface area contributed by atoms with Crippen LogP contribution < -0.4 is 11.1 Å². The molecule has 0 saturated carbocycles. The van der Waals surface area contributed by atoms with Gasteiger partial charge in [0.2, 0.25) is 0 Å². The predicted molar refractivity (Wildman–Crippen MR) is 75.6 cm³/mol. The molecule has 0 saturated heterocycles. The lowest BCUT2D eigenvalue weighted by molar-refractivity contribution is 0.261. The number of hydrogen-bond donors (Lipinski definition) is 3. The number of pyridine rings is 1. The number of benzene rings is 1. The molecule has 0 bridgehead atoms. The number of aromatic nitrogens is 1. The minimum Gasteiger partial charge on any atom is -0.397 e. The second-order valence-corrected chi connectivity index (χ2v) is 5.08. The molecule has 0 aliphatic carbocycles. The number of aliphatic hydroxyl groups is 1. The highest BCUT2D eigenvalue weighted by atomic mass is 16.3. The van der Waals surface area contributed by atoms with Crippen LogP contribution in [0.4, 0.5) is 11.4 Å². The van der Waals surface area contributed by atoms with E-state index in [1.54, 1.807) is 6.20 Å². The third-order valence-electron chi connectivity index (χ3n) is 3.04. The molecule has 0 amide bonds. The molecule has 1 aromatic carbocycles. The smallest absolute Gasteiger partial charge is 0.0724 e. The highest BCUT2D eigenvalue weighted by Crippen LogP contribution is 2.30. The van der Waals surface area contributed by atoms with Gasteiger partial charge >= 0.3 is 0 Å². The molecule has 4 heteroatoms. The summed E-state index contributed by atoms with van der Waals surface area (Å²) in [6, 6.07) is 7.72. The first kappa shape index (κ1) is 12.6. The van der Waals surface area contributed by atoms with Crippen molar-refractivity contribution in [3.63, 3.8) is 0 Å². The molecule has 0 aliphatic heterocycles. The fraction of sp³-hybridized carbons (Fsp3) is 0.357. The van der Waals surface area contributed by atoms with Crippen LogP contribution in [0.3, 0.4) is 0 Å². The van der Waals surface area contributed by atoms with Crippen molar-refractivity contribution in [2.75, 3.05) is 17.7 Å². The van der Waals surface area contributed by atoms with Gasteiger partial charge in [0.15, 0.2) is 0 Å². The molecule has 96 valence electrons. The molecular weight excluding hydrogens is 226 g/mol. The zero-order valence-electron chi connectivity index (χ0n) is 10.8. The molecule has 1 aromatic heterocycles. The Labute approximate surface area is 107 Å². The molecule has 0 aliphatic rings. The van der Waals surface area contributed by atoms with Crippen LogP contribution in [0.1, 0.15) is 20.3 Å². The fourth-order valence-electron chi connectivity index (χ4n) is 1.99. The summed E-state index contributed by atoms with van der Waals surface area (Å²) in [5, 5.41) is 13.4. The van der Waals surface area contributed by atoms with Gasteiger partial charge in [-0.15, -0.1) is 0 Å². The van der Waals surface area contributed by atoms with Crippen molar-refractivity contribution in [3.8, 4) is 0 Å². The van der Waals surface area contributed by atoms with Crippen molar-refractivity contribution >= 4 is 22.3 Å². The van der Waals surface area contributed by atoms with Crippen LogP contribution in [0.5, 0.6) is 0 Å². The van der Waals surface area contributed by atoms with Gasteiger partial charge in [0.25, 0.3) is 0 Å². The van der Waals surface area contributed by atoms with E-state index in [0.29, 0.717) is 12.1 Å². The van der Waals surface area contributed by atoms with Crippen LogP contribution in [-0.2, 0) is 0 Å². The summed E-state index contributed by atoms with van der Waals surface area (Å²) in [6.07, 6.45) is 2.42. The van der Waals surface area contributed by atoms with Crippen molar-refractivity contribution in [3.05, 3.63) is 30.5 Å². The van der Waals surface area contributed by atoms with Crippen LogP contribution in [0.25, 0.3) is 10.9 Å². The van der Waals surface area contributed by atoms with Crippen molar-refractivity contribution in [1.82, 2.24) is 4.98 Å². The number of aliphatic hydroxyl groups excluding tert-OH is 1. The molecule has 0 spiro atoms. The molecule has 2 aromatic rings. The number of rotatable bonds is 4. The van der Waals surface area contributed by atoms with Gasteiger partial charge < -0.3 is 16.2 Å². The topological polar surface area (TPSA) is 71.2 Å².